The van der Waals surface area contributed by atoms with Gasteiger partial charge in [0.2, 0.25) is 5.88 Å². The Balaban J connectivity index is 1.99. The molecular formula is C16H19F3N2O4. The molecule has 1 aromatic heterocycles. The summed E-state index contributed by atoms with van der Waals surface area (Å²) in [4.78, 5) is 27.5. The van der Waals surface area contributed by atoms with Gasteiger partial charge in [-0.3, -0.25) is 9.59 Å². The number of nitrogens with one attached hydrogen (secondary N) is 1. The summed E-state index contributed by atoms with van der Waals surface area (Å²) in [5, 5.41) is 12.0. The average Bonchev–Trinajstić information content (AvgIpc) is 2.58. The molecule has 25 heavy (non-hydrogen) atoms. The number of aliphatic carboxylic acids is 1. The molecule has 2 N–H and O–H groups in total. The minimum atomic E-state index is -4.51. The fraction of sp³-hybridized carbons (Fsp3) is 0.562. The van der Waals surface area contributed by atoms with Gasteiger partial charge in [0.25, 0.3) is 5.91 Å². The third-order valence-electron chi connectivity index (χ3n) is 4.19. The number of halogens is 3. The van der Waals surface area contributed by atoms with Gasteiger partial charge in [0.1, 0.15) is 5.69 Å². The number of rotatable bonds is 6. The molecule has 1 aliphatic carbocycles. The van der Waals surface area contributed by atoms with Crippen LogP contribution in [0.3, 0.4) is 0 Å². The Labute approximate surface area is 142 Å². The van der Waals surface area contributed by atoms with E-state index in [0.29, 0.717) is 12.8 Å². The van der Waals surface area contributed by atoms with E-state index >= 15 is 0 Å². The van der Waals surface area contributed by atoms with Crippen molar-refractivity contribution in [3.05, 3.63) is 23.9 Å². The zero-order valence-electron chi connectivity index (χ0n) is 13.4. The van der Waals surface area contributed by atoms with Crippen molar-refractivity contribution in [1.29, 1.82) is 0 Å². The summed E-state index contributed by atoms with van der Waals surface area (Å²) in [5.41, 5.74) is -1.13. The molecule has 1 heterocycles. The largest absolute Gasteiger partial charge is 0.481 e. The standard InChI is InChI=1S/C16H19F3N2O4/c17-16(18,19)10-25-12-6-4-5-11(21-12)13(22)20-9-15(14(23)24)7-2-1-3-8-15/h4-6H,1-3,7-10H2,(H,20,22)(H,23,24). The van der Waals surface area contributed by atoms with Gasteiger partial charge in [0.05, 0.1) is 5.41 Å². The second-order valence-electron chi connectivity index (χ2n) is 6.09. The molecule has 1 fully saturated rings. The van der Waals surface area contributed by atoms with Crippen LogP contribution in [0.25, 0.3) is 0 Å². The number of carboxylic acids is 1. The van der Waals surface area contributed by atoms with Crippen LogP contribution in [-0.4, -0.2) is 41.3 Å². The van der Waals surface area contributed by atoms with E-state index in [9.17, 15) is 27.9 Å². The number of carbonyl (C=O) groups is 2. The zero-order valence-corrected chi connectivity index (χ0v) is 13.4. The van der Waals surface area contributed by atoms with Crippen LogP contribution in [0, 0.1) is 5.41 Å². The van der Waals surface area contributed by atoms with E-state index in [1.807, 2.05) is 0 Å². The summed E-state index contributed by atoms with van der Waals surface area (Å²) in [7, 11) is 0. The Hall–Kier alpha value is -2.32. The second-order valence-corrected chi connectivity index (χ2v) is 6.09. The molecule has 1 aromatic rings. The Morgan fingerprint density at radius 2 is 1.92 bits per heavy atom. The molecular weight excluding hydrogens is 341 g/mol. The maximum atomic E-state index is 12.2. The maximum absolute atomic E-state index is 12.2. The monoisotopic (exact) mass is 360 g/mol. The van der Waals surface area contributed by atoms with Gasteiger partial charge in [-0.1, -0.05) is 25.3 Å². The Morgan fingerprint density at radius 3 is 2.52 bits per heavy atom. The molecule has 0 radical (unpaired) electrons. The van der Waals surface area contributed by atoms with Crippen molar-refractivity contribution >= 4 is 11.9 Å². The van der Waals surface area contributed by atoms with Crippen LogP contribution in [-0.2, 0) is 4.79 Å². The molecule has 1 aliphatic rings. The summed E-state index contributed by atoms with van der Waals surface area (Å²) < 4.78 is 41.0. The van der Waals surface area contributed by atoms with Crippen LogP contribution in [0.4, 0.5) is 13.2 Å². The van der Waals surface area contributed by atoms with E-state index in [0.717, 1.165) is 19.3 Å². The number of carboxylic acid groups (broad SMARTS) is 1. The maximum Gasteiger partial charge on any atom is 0.422 e. The normalized spacial score (nSPS) is 16.9. The predicted molar refractivity (Wildman–Crippen MR) is 81.3 cm³/mol. The van der Waals surface area contributed by atoms with Gasteiger partial charge < -0.3 is 15.2 Å². The predicted octanol–water partition coefficient (Wildman–Crippen LogP) is 2.79. The minimum absolute atomic E-state index is 0.0452. The van der Waals surface area contributed by atoms with Crippen molar-refractivity contribution in [2.45, 2.75) is 38.3 Å². The summed E-state index contributed by atoms with van der Waals surface area (Å²) in [5.74, 6) is -1.93. The van der Waals surface area contributed by atoms with Gasteiger partial charge in [-0.25, -0.2) is 4.98 Å². The lowest BCUT2D eigenvalue weighted by molar-refractivity contribution is -0.154. The molecule has 0 atom stereocenters. The van der Waals surface area contributed by atoms with Gasteiger partial charge in [0.15, 0.2) is 6.61 Å². The number of nitrogens with zero attached hydrogens (tertiary/aromatic N) is 1. The lowest BCUT2D eigenvalue weighted by Gasteiger charge is -2.33. The van der Waals surface area contributed by atoms with Gasteiger partial charge >= 0.3 is 12.1 Å². The first-order chi connectivity index (χ1) is 11.7. The molecule has 1 amide bonds. The number of amides is 1. The topological polar surface area (TPSA) is 88.5 Å². The molecule has 0 unspecified atom stereocenters. The van der Waals surface area contributed by atoms with E-state index in [-0.39, 0.29) is 18.1 Å². The van der Waals surface area contributed by atoms with Gasteiger partial charge in [-0.2, -0.15) is 13.2 Å². The first kappa shape index (κ1) is 19.0. The van der Waals surface area contributed by atoms with E-state index < -0.39 is 30.1 Å². The van der Waals surface area contributed by atoms with Crippen LogP contribution in [0.5, 0.6) is 5.88 Å². The first-order valence-corrected chi connectivity index (χ1v) is 7.90. The molecule has 0 aromatic carbocycles. The summed E-state index contributed by atoms with van der Waals surface area (Å²) in [6.45, 7) is -1.55. The van der Waals surface area contributed by atoms with Crippen LogP contribution in [0.2, 0.25) is 0 Å². The Kier molecular flexibility index (Phi) is 5.86. The van der Waals surface area contributed by atoms with Crippen molar-refractivity contribution in [1.82, 2.24) is 10.3 Å². The average molecular weight is 360 g/mol. The van der Waals surface area contributed by atoms with Crippen molar-refractivity contribution in [2.24, 2.45) is 5.41 Å². The highest BCUT2D eigenvalue weighted by Gasteiger charge is 2.39. The van der Waals surface area contributed by atoms with E-state index in [2.05, 4.69) is 15.0 Å². The highest BCUT2D eigenvalue weighted by Crippen LogP contribution is 2.36. The molecule has 0 aliphatic heterocycles. The molecule has 9 heteroatoms. The molecule has 0 bridgehead atoms. The van der Waals surface area contributed by atoms with Gasteiger partial charge in [-0.05, 0) is 18.9 Å². The first-order valence-electron chi connectivity index (χ1n) is 7.90. The number of ether oxygens (including phenoxy) is 1. The van der Waals surface area contributed by atoms with Crippen molar-refractivity contribution < 1.29 is 32.6 Å². The zero-order chi connectivity index (χ0) is 18.5. The van der Waals surface area contributed by atoms with Crippen LogP contribution in [0.15, 0.2) is 18.2 Å². The molecule has 2 rings (SSSR count). The third kappa shape index (κ3) is 5.33. The van der Waals surface area contributed by atoms with Gasteiger partial charge in [-0.15, -0.1) is 0 Å². The van der Waals surface area contributed by atoms with Crippen molar-refractivity contribution in [2.75, 3.05) is 13.2 Å². The molecule has 6 nitrogen and oxygen atoms in total. The highest BCUT2D eigenvalue weighted by molar-refractivity contribution is 5.92. The van der Waals surface area contributed by atoms with Crippen LogP contribution in [0.1, 0.15) is 42.6 Å². The number of carbonyl (C=O) groups excluding carboxylic acids is 1. The highest BCUT2D eigenvalue weighted by atomic mass is 19.4. The fourth-order valence-electron chi connectivity index (χ4n) is 2.81. The number of hydrogen-bond acceptors (Lipinski definition) is 4. The van der Waals surface area contributed by atoms with Crippen LogP contribution >= 0.6 is 0 Å². The lowest BCUT2D eigenvalue weighted by Crippen LogP contribution is -2.44. The van der Waals surface area contributed by atoms with Crippen molar-refractivity contribution in [3.8, 4) is 5.88 Å². The fourth-order valence-corrected chi connectivity index (χ4v) is 2.81. The third-order valence-corrected chi connectivity index (χ3v) is 4.19. The molecule has 0 spiro atoms. The van der Waals surface area contributed by atoms with Gasteiger partial charge in [0, 0.05) is 12.6 Å². The van der Waals surface area contributed by atoms with Crippen LogP contribution < -0.4 is 10.1 Å². The summed E-state index contributed by atoms with van der Waals surface area (Å²) >= 11 is 0. The number of hydrogen-bond donors (Lipinski definition) is 2. The molecule has 138 valence electrons. The molecule has 1 saturated carbocycles. The number of alkyl halides is 3. The summed E-state index contributed by atoms with van der Waals surface area (Å²) in [6, 6.07) is 3.88. The number of pyridine rings is 1. The summed E-state index contributed by atoms with van der Waals surface area (Å²) in [6.07, 6.45) is -1.03. The Bertz CT molecular complexity index is 628. The second kappa shape index (κ2) is 7.71. The van der Waals surface area contributed by atoms with E-state index in [1.165, 1.54) is 18.2 Å². The smallest absolute Gasteiger partial charge is 0.422 e. The quantitative estimate of drug-likeness (QED) is 0.814. The Morgan fingerprint density at radius 1 is 1.24 bits per heavy atom. The SMILES string of the molecule is O=C(NCC1(C(=O)O)CCCCC1)c1cccc(OCC(F)(F)F)n1. The molecule has 0 saturated heterocycles. The van der Waals surface area contributed by atoms with E-state index in [1.54, 1.807) is 0 Å². The minimum Gasteiger partial charge on any atom is -0.481 e. The lowest BCUT2D eigenvalue weighted by atomic mass is 9.74. The van der Waals surface area contributed by atoms with Crippen molar-refractivity contribution in [3.63, 3.8) is 0 Å². The van der Waals surface area contributed by atoms with E-state index in [4.69, 9.17) is 0 Å². The number of aromatic nitrogens is 1.